The van der Waals surface area contributed by atoms with Gasteiger partial charge in [0.25, 0.3) is 0 Å². The molecule has 0 spiro atoms. The molecule has 1 unspecified atom stereocenters. The maximum atomic E-state index is 10.7. The molecule has 148 valence electrons. The van der Waals surface area contributed by atoms with E-state index in [0.29, 0.717) is 30.3 Å². The molecule has 0 aromatic carbocycles. The number of piperidine rings is 1. The average molecular weight is 368 g/mol. The number of aromatic nitrogens is 1. The Morgan fingerprint density at radius 2 is 2.00 bits per heavy atom. The highest BCUT2D eigenvalue weighted by molar-refractivity contribution is 5.57. The van der Waals surface area contributed by atoms with Gasteiger partial charge in [-0.25, -0.2) is 0 Å². The van der Waals surface area contributed by atoms with E-state index in [4.69, 9.17) is 9.47 Å². The van der Waals surface area contributed by atoms with E-state index in [9.17, 15) is 15.3 Å². The van der Waals surface area contributed by atoms with Crippen LogP contribution in [0.25, 0.3) is 0 Å². The molecule has 4 atom stereocenters. The van der Waals surface area contributed by atoms with Crippen molar-refractivity contribution in [2.45, 2.75) is 71.4 Å². The van der Waals surface area contributed by atoms with Crippen LogP contribution in [0.15, 0.2) is 0 Å². The van der Waals surface area contributed by atoms with E-state index in [1.165, 1.54) is 4.57 Å². The first-order valence-electron chi connectivity index (χ1n) is 9.55. The number of aromatic hydroxyl groups is 2. The second-order valence-corrected chi connectivity index (χ2v) is 8.25. The first-order valence-corrected chi connectivity index (χ1v) is 9.55. The van der Waals surface area contributed by atoms with Gasteiger partial charge < -0.3 is 24.8 Å². The second-order valence-electron chi connectivity index (χ2n) is 8.25. The Balaban J connectivity index is 1.90. The average Bonchev–Trinajstić information content (AvgIpc) is 2.96. The highest BCUT2D eigenvalue weighted by atomic mass is 16.5. The van der Waals surface area contributed by atoms with Gasteiger partial charge in [-0.3, -0.25) is 9.47 Å². The Kier molecular flexibility index (Phi) is 5.16. The summed E-state index contributed by atoms with van der Waals surface area (Å²) in [5.41, 5.74) is 0.0960. The predicted octanol–water partition coefficient (Wildman–Crippen LogP) is 2.24. The summed E-state index contributed by atoms with van der Waals surface area (Å²) in [6.07, 6.45) is 0.267. The zero-order valence-corrected chi connectivity index (χ0v) is 16.4. The van der Waals surface area contributed by atoms with E-state index in [1.54, 1.807) is 0 Å². The molecule has 1 aromatic rings. The first-order chi connectivity index (χ1) is 12.2. The van der Waals surface area contributed by atoms with E-state index < -0.39 is 11.7 Å². The van der Waals surface area contributed by atoms with E-state index in [2.05, 4.69) is 11.8 Å². The predicted molar refractivity (Wildman–Crippen MR) is 97.7 cm³/mol. The van der Waals surface area contributed by atoms with Crippen molar-refractivity contribution in [3.05, 3.63) is 5.56 Å². The number of aliphatic hydroxyl groups is 1. The zero-order chi connectivity index (χ0) is 19.2. The lowest BCUT2D eigenvalue weighted by Crippen LogP contribution is -2.54. The Hall–Kier alpha value is -1.44. The van der Waals surface area contributed by atoms with Gasteiger partial charge in [-0.05, 0) is 40.0 Å². The van der Waals surface area contributed by atoms with Crippen molar-refractivity contribution in [3.8, 4) is 17.5 Å². The summed E-state index contributed by atoms with van der Waals surface area (Å²) in [4.78, 5) is 2.16. The quantitative estimate of drug-likeness (QED) is 0.714. The van der Waals surface area contributed by atoms with E-state index in [1.807, 2.05) is 27.7 Å². The van der Waals surface area contributed by atoms with Crippen LogP contribution in [-0.2, 0) is 11.3 Å². The van der Waals surface area contributed by atoms with Crippen LogP contribution in [0.1, 0.15) is 52.6 Å². The fourth-order valence-electron chi connectivity index (χ4n) is 4.62. The number of aliphatic hydroxyl groups excluding tert-OH is 1. The van der Waals surface area contributed by atoms with Gasteiger partial charge in [0.1, 0.15) is 5.60 Å². The molecular formula is C19H32N2O5. The summed E-state index contributed by atoms with van der Waals surface area (Å²) in [5.74, 6) is 0.790. The number of β-amino-alcohol motifs (C(OH)–C–C–N with tert-alkyl or cyclic N) is 1. The SMILES string of the molecule is CCn1c(O)c2c(c1O)[C@@H]1N(CC(O)COC(C)C)C[C@@H](C)C[C@]1(C)O2. The third kappa shape index (κ3) is 3.17. The Labute approximate surface area is 155 Å². The summed E-state index contributed by atoms with van der Waals surface area (Å²) in [6, 6.07) is -0.207. The number of nitrogens with zero attached hydrogens (tertiary/aromatic N) is 2. The molecule has 2 aliphatic rings. The fourth-order valence-corrected chi connectivity index (χ4v) is 4.62. The molecule has 3 N–H and O–H groups in total. The molecule has 26 heavy (non-hydrogen) atoms. The van der Waals surface area contributed by atoms with Crippen molar-refractivity contribution in [3.63, 3.8) is 0 Å². The van der Waals surface area contributed by atoms with Crippen molar-refractivity contribution >= 4 is 0 Å². The molecule has 7 heteroatoms. The van der Waals surface area contributed by atoms with Crippen molar-refractivity contribution in [2.75, 3.05) is 19.7 Å². The van der Waals surface area contributed by atoms with Gasteiger partial charge in [-0.1, -0.05) is 6.92 Å². The van der Waals surface area contributed by atoms with Crippen LogP contribution in [0.4, 0.5) is 0 Å². The molecular weight excluding hydrogens is 336 g/mol. The zero-order valence-electron chi connectivity index (χ0n) is 16.4. The van der Waals surface area contributed by atoms with Crippen LogP contribution in [0.5, 0.6) is 17.5 Å². The van der Waals surface area contributed by atoms with Crippen molar-refractivity contribution in [1.29, 1.82) is 0 Å². The summed E-state index contributed by atoms with van der Waals surface area (Å²) in [7, 11) is 0. The first kappa shape index (κ1) is 19.3. The Morgan fingerprint density at radius 3 is 2.62 bits per heavy atom. The minimum absolute atomic E-state index is 0.0214. The topological polar surface area (TPSA) is 87.3 Å². The lowest BCUT2D eigenvalue weighted by Gasteiger charge is -2.46. The minimum Gasteiger partial charge on any atom is -0.494 e. The smallest absolute Gasteiger partial charge is 0.238 e. The molecule has 0 amide bonds. The van der Waals surface area contributed by atoms with Crippen molar-refractivity contribution in [2.24, 2.45) is 5.92 Å². The largest absolute Gasteiger partial charge is 0.494 e. The lowest BCUT2D eigenvalue weighted by atomic mass is 9.79. The van der Waals surface area contributed by atoms with Crippen molar-refractivity contribution in [1.82, 2.24) is 9.47 Å². The number of likely N-dealkylation sites (tertiary alicyclic amines) is 1. The maximum Gasteiger partial charge on any atom is 0.238 e. The van der Waals surface area contributed by atoms with Gasteiger partial charge >= 0.3 is 0 Å². The van der Waals surface area contributed by atoms with Gasteiger partial charge in [0, 0.05) is 19.6 Å². The Bertz CT molecular complexity index is 659. The maximum absolute atomic E-state index is 10.7. The van der Waals surface area contributed by atoms with Crippen LogP contribution in [0.3, 0.4) is 0 Å². The van der Waals surface area contributed by atoms with Crippen LogP contribution >= 0.6 is 0 Å². The number of fused-ring (bicyclic) bond motifs is 3. The summed E-state index contributed by atoms with van der Waals surface area (Å²) >= 11 is 0. The van der Waals surface area contributed by atoms with Gasteiger partial charge in [-0.15, -0.1) is 0 Å². The third-order valence-corrected chi connectivity index (χ3v) is 5.44. The monoisotopic (exact) mass is 368 g/mol. The van der Waals surface area contributed by atoms with E-state index in [0.717, 1.165) is 13.0 Å². The molecule has 1 saturated heterocycles. The summed E-state index contributed by atoms with van der Waals surface area (Å²) < 4.78 is 13.2. The molecule has 0 bridgehead atoms. The molecule has 0 radical (unpaired) electrons. The highest BCUT2D eigenvalue weighted by Crippen LogP contribution is 2.59. The van der Waals surface area contributed by atoms with Crippen LogP contribution in [0.2, 0.25) is 0 Å². The number of ether oxygens (including phenoxy) is 2. The van der Waals surface area contributed by atoms with Crippen LogP contribution < -0.4 is 4.74 Å². The second kappa shape index (κ2) is 6.94. The number of rotatable bonds is 6. The fraction of sp³-hybridized carbons (Fsp3) is 0.789. The van der Waals surface area contributed by atoms with Crippen LogP contribution in [-0.4, -0.2) is 62.3 Å². The molecule has 7 nitrogen and oxygen atoms in total. The third-order valence-electron chi connectivity index (χ3n) is 5.44. The molecule has 2 aliphatic heterocycles. The molecule has 3 rings (SSSR count). The van der Waals surface area contributed by atoms with Gasteiger partial charge in [0.2, 0.25) is 11.8 Å². The molecule has 0 aliphatic carbocycles. The Morgan fingerprint density at radius 1 is 1.31 bits per heavy atom. The summed E-state index contributed by atoms with van der Waals surface area (Å²) in [6.45, 7) is 11.9. The highest BCUT2D eigenvalue weighted by Gasteiger charge is 2.55. The van der Waals surface area contributed by atoms with E-state index >= 15 is 0 Å². The molecule has 1 aromatic heterocycles. The van der Waals surface area contributed by atoms with Gasteiger partial charge in [-0.2, -0.15) is 0 Å². The summed E-state index contributed by atoms with van der Waals surface area (Å²) in [5, 5.41) is 31.6. The van der Waals surface area contributed by atoms with Crippen LogP contribution in [0, 0.1) is 5.92 Å². The minimum atomic E-state index is -0.625. The number of hydrogen-bond donors (Lipinski definition) is 3. The van der Waals surface area contributed by atoms with Gasteiger partial charge in [0.05, 0.1) is 30.4 Å². The number of hydrogen-bond acceptors (Lipinski definition) is 6. The lowest BCUT2D eigenvalue weighted by molar-refractivity contribution is -0.0743. The van der Waals surface area contributed by atoms with E-state index in [-0.39, 0.29) is 30.5 Å². The van der Waals surface area contributed by atoms with Crippen molar-refractivity contribution < 1.29 is 24.8 Å². The normalized spacial score (nSPS) is 29.5. The van der Waals surface area contributed by atoms with Gasteiger partial charge in [0.15, 0.2) is 5.75 Å². The molecule has 0 saturated carbocycles. The molecule has 3 heterocycles. The standard InChI is InChI=1S/C19H32N2O5/c1-6-21-17(23)14-15(18(21)24)26-19(5)7-12(4)8-20(16(14)19)9-13(22)10-25-11(2)3/h11-13,16,22-24H,6-10H2,1-5H3/t12-,13?,16-,19-/m0/s1. The molecule has 1 fully saturated rings.